The number of aromatic nitrogens is 2. The number of nitrogens with zero attached hydrogens (tertiary/aromatic N) is 3. The van der Waals surface area contributed by atoms with E-state index in [9.17, 15) is 4.79 Å². The first-order chi connectivity index (χ1) is 15.6. The second-order valence-corrected chi connectivity index (χ2v) is 8.52. The maximum absolute atomic E-state index is 12.9. The van der Waals surface area contributed by atoms with Gasteiger partial charge >= 0.3 is 0 Å². The van der Waals surface area contributed by atoms with Gasteiger partial charge < -0.3 is 14.2 Å². The van der Waals surface area contributed by atoms with Crippen molar-refractivity contribution in [3.8, 4) is 5.75 Å². The number of fused-ring (bicyclic) bond motifs is 1. The van der Waals surface area contributed by atoms with Gasteiger partial charge in [0.25, 0.3) is 0 Å². The van der Waals surface area contributed by atoms with Crippen molar-refractivity contribution in [1.82, 2.24) is 9.55 Å². The van der Waals surface area contributed by atoms with Crippen LogP contribution in [0.25, 0.3) is 11.0 Å². The Morgan fingerprint density at radius 3 is 2.59 bits per heavy atom. The average molecular weight is 426 g/mol. The molecule has 1 amide bonds. The molecule has 0 saturated carbocycles. The van der Waals surface area contributed by atoms with Crippen molar-refractivity contribution in [1.29, 1.82) is 0 Å². The summed E-state index contributed by atoms with van der Waals surface area (Å²) in [6, 6.07) is 24.4. The lowest BCUT2D eigenvalue weighted by atomic mass is 10.1. The Balaban J connectivity index is 1.40. The highest BCUT2D eigenvalue weighted by atomic mass is 16.5. The van der Waals surface area contributed by atoms with Crippen molar-refractivity contribution in [3.63, 3.8) is 0 Å². The number of rotatable bonds is 6. The largest absolute Gasteiger partial charge is 0.492 e. The summed E-state index contributed by atoms with van der Waals surface area (Å²) in [4.78, 5) is 19.7. The van der Waals surface area contributed by atoms with Gasteiger partial charge in [0, 0.05) is 24.6 Å². The van der Waals surface area contributed by atoms with E-state index in [0.29, 0.717) is 26.1 Å². The van der Waals surface area contributed by atoms with Crippen molar-refractivity contribution in [2.24, 2.45) is 0 Å². The van der Waals surface area contributed by atoms with Gasteiger partial charge in [-0.25, -0.2) is 4.98 Å². The molecule has 0 spiro atoms. The Kier molecular flexibility index (Phi) is 5.39. The lowest BCUT2D eigenvalue weighted by Gasteiger charge is -2.18. The molecule has 3 aromatic carbocycles. The van der Waals surface area contributed by atoms with E-state index < -0.39 is 0 Å². The molecule has 1 saturated heterocycles. The first-order valence-electron chi connectivity index (χ1n) is 11.1. The molecule has 1 aliphatic heterocycles. The molecule has 5 nitrogen and oxygen atoms in total. The molecule has 0 N–H and O–H groups in total. The normalized spacial score (nSPS) is 16.1. The zero-order valence-electron chi connectivity index (χ0n) is 18.5. The number of hydrogen-bond donors (Lipinski definition) is 0. The first-order valence-corrected chi connectivity index (χ1v) is 11.1. The minimum atomic E-state index is 0.0511. The fraction of sp³-hybridized carbons (Fsp3) is 0.259. The van der Waals surface area contributed by atoms with Gasteiger partial charge in [-0.1, -0.05) is 42.0 Å². The molecular weight excluding hydrogens is 398 g/mol. The Morgan fingerprint density at radius 2 is 1.78 bits per heavy atom. The Hall–Kier alpha value is -3.60. The molecule has 4 aromatic rings. The number of para-hydroxylation sites is 2. The van der Waals surface area contributed by atoms with Gasteiger partial charge in [0.05, 0.1) is 17.6 Å². The Morgan fingerprint density at radius 1 is 0.969 bits per heavy atom. The summed E-state index contributed by atoms with van der Waals surface area (Å²) in [6.07, 6.45) is 0.468. The highest BCUT2D eigenvalue weighted by Gasteiger charge is 2.34. The second kappa shape index (κ2) is 8.50. The summed E-state index contributed by atoms with van der Waals surface area (Å²) in [5.74, 6) is 2.03. The molecule has 1 atom stereocenters. The number of carbonyl (C=O) groups excluding carboxylic acids is 1. The predicted molar refractivity (Wildman–Crippen MR) is 127 cm³/mol. The smallest absolute Gasteiger partial charge is 0.227 e. The number of amides is 1. The molecule has 1 aromatic heterocycles. The Labute approximate surface area is 188 Å². The van der Waals surface area contributed by atoms with Crippen LogP contribution in [0.1, 0.15) is 29.3 Å². The fourth-order valence-corrected chi connectivity index (χ4v) is 4.46. The monoisotopic (exact) mass is 425 g/mol. The summed E-state index contributed by atoms with van der Waals surface area (Å²) in [6.45, 7) is 5.98. The number of anilines is 1. The third-order valence-electron chi connectivity index (χ3n) is 6.09. The minimum Gasteiger partial charge on any atom is -0.492 e. The summed E-state index contributed by atoms with van der Waals surface area (Å²) in [7, 11) is 0. The number of ether oxygens (including phenoxy) is 1. The van der Waals surface area contributed by atoms with Crippen molar-refractivity contribution in [2.45, 2.75) is 32.7 Å². The van der Waals surface area contributed by atoms with Gasteiger partial charge in [0.1, 0.15) is 18.2 Å². The van der Waals surface area contributed by atoms with Crippen LogP contribution in [0.2, 0.25) is 0 Å². The number of aryl methyl sites for hydroxylation is 2. The molecule has 5 heteroatoms. The van der Waals surface area contributed by atoms with Crippen molar-refractivity contribution >= 4 is 22.6 Å². The topological polar surface area (TPSA) is 47.4 Å². The number of hydrogen-bond acceptors (Lipinski definition) is 3. The van der Waals surface area contributed by atoms with Gasteiger partial charge in [-0.3, -0.25) is 4.79 Å². The zero-order chi connectivity index (χ0) is 22.1. The second-order valence-electron chi connectivity index (χ2n) is 8.52. The molecule has 2 heterocycles. The maximum Gasteiger partial charge on any atom is 0.227 e. The standard InChI is InChI=1S/C27H27N3O2/c1-19-10-12-22(13-11-19)30-18-21(17-26(30)31)27-28-24-8-3-4-9-25(24)29(27)14-15-32-23-7-5-6-20(2)16-23/h3-13,16,21H,14-15,17-18H2,1-2H3. The Bertz CT molecular complexity index is 1260. The fourth-order valence-electron chi connectivity index (χ4n) is 4.46. The maximum atomic E-state index is 12.9. The lowest BCUT2D eigenvalue weighted by molar-refractivity contribution is -0.117. The minimum absolute atomic E-state index is 0.0511. The van der Waals surface area contributed by atoms with Gasteiger partial charge in [-0.05, 0) is 55.8 Å². The number of carbonyl (C=O) groups is 1. The van der Waals surface area contributed by atoms with Crippen LogP contribution >= 0.6 is 0 Å². The quantitative estimate of drug-likeness (QED) is 0.424. The molecular formula is C27H27N3O2. The summed E-state index contributed by atoms with van der Waals surface area (Å²) < 4.78 is 8.25. The first kappa shape index (κ1) is 20.3. The van der Waals surface area contributed by atoms with Crippen molar-refractivity contribution < 1.29 is 9.53 Å². The summed E-state index contributed by atoms with van der Waals surface area (Å²) >= 11 is 0. The van der Waals surface area contributed by atoms with E-state index in [2.05, 4.69) is 30.5 Å². The van der Waals surface area contributed by atoms with E-state index >= 15 is 0 Å². The van der Waals surface area contributed by atoms with E-state index in [4.69, 9.17) is 9.72 Å². The molecule has 0 radical (unpaired) electrons. The highest BCUT2D eigenvalue weighted by Crippen LogP contribution is 2.33. The van der Waals surface area contributed by atoms with Crippen LogP contribution < -0.4 is 9.64 Å². The van der Waals surface area contributed by atoms with Crippen LogP contribution in [0, 0.1) is 13.8 Å². The highest BCUT2D eigenvalue weighted by molar-refractivity contribution is 5.96. The van der Waals surface area contributed by atoms with E-state index in [1.54, 1.807) is 0 Å². The molecule has 1 fully saturated rings. The number of imidazole rings is 1. The van der Waals surface area contributed by atoms with E-state index in [-0.39, 0.29) is 11.8 Å². The number of benzene rings is 3. The summed E-state index contributed by atoms with van der Waals surface area (Å²) in [5, 5.41) is 0. The van der Waals surface area contributed by atoms with Gasteiger partial charge in [0.15, 0.2) is 0 Å². The van der Waals surface area contributed by atoms with E-state index in [0.717, 1.165) is 28.3 Å². The molecule has 0 bridgehead atoms. The SMILES string of the molecule is Cc1ccc(N2CC(c3nc4ccccc4n3CCOc3cccc(C)c3)CC2=O)cc1. The molecule has 0 aliphatic carbocycles. The van der Waals surface area contributed by atoms with Crippen LogP contribution in [-0.2, 0) is 11.3 Å². The van der Waals surface area contributed by atoms with Gasteiger partial charge in [0.2, 0.25) is 5.91 Å². The van der Waals surface area contributed by atoms with E-state index in [1.807, 2.05) is 65.6 Å². The third kappa shape index (κ3) is 3.98. The van der Waals surface area contributed by atoms with Crippen molar-refractivity contribution in [3.05, 3.63) is 89.7 Å². The van der Waals surface area contributed by atoms with Gasteiger partial charge in [-0.15, -0.1) is 0 Å². The zero-order valence-corrected chi connectivity index (χ0v) is 18.5. The third-order valence-corrected chi connectivity index (χ3v) is 6.09. The average Bonchev–Trinajstić information content (AvgIpc) is 3.35. The van der Waals surface area contributed by atoms with Crippen LogP contribution in [0.15, 0.2) is 72.8 Å². The summed E-state index contributed by atoms with van der Waals surface area (Å²) in [5.41, 5.74) is 5.36. The molecule has 1 unspecified atom stereocenters. The molecule has 1 aliphatic rings. The van der Waals surface area contributed by atoms with Crippen LogP contribution in [0.4, 0.5) is 5.69 Å². The van der Waals surface area contributed by atoms with Crippen LogP contribution in [0.3, 0.4) is 0 Å². The predicted octanol–water partition coefficient (Wildman–Crippen LogP) is 5.25. The molecule has 162 valence electrons. The van der Waals surface area contributed by atoms with Crippen LogP contribution in [0.5, 0.6) is 5.75 Å². The molecule has 32 heavy (non-hydrogen) atoms. The van der Waals surface area contributed by atoms with Crippen molar-refractivity contribution in [2.75, 3.05) is 18.1 Å². The molecule has 5 rings (SSSR count). The van der Waals surface area contributed by atoms with Crippen LogP contribution in [-0.4, -0.2) is 28.6 Å². The van der Waals surface area contributed by atoms with E-state index in [1.165, 1.54) is 11.1 Å². The lowest BCUT2D eigenvalue weighted by Crippen LogP contribution is -2.24. The van der Waals surface area contributed by atoms with Gasteiger partial charge in [-0.2, -0.15) is 0 Å².